The summed E-state index contributed by atoms with van der Waals surface area (Å²) in [5.41, 5.74) is 8.35. The average molecular weight is 471 g/mol. The molecule has 2 aliphatic rings. The van der Waals surface area contributed by atoms with Gasteiger partial charge in [0.25, 0.3) is 0 Å². The molecule has 0 amide bonds. The molecule has 1 fully saturated rings. The van der Waals surface area contributed by atoms with Crippen LogP contribution >= 0.6 is 8.25 Å². The third kappa shape index (κ3) is 5.93. The van der Waals surface area contributed by atoms with Gasteiger partial charge in [0.05, 0.1) is 6.33 Å². The number of imidazole rings is 1. The third-order valence-electron chi connectivity index (χ3n) is 5.71. The van der Waals surface area contributed by atoms with Crippen molar-refractivity contribution in [3.05, 3.63) is 29.9 Å². The Hall–Kier alpha value is -1.85. The fraction of sp³-hybridized carbons (Fsp3) is 0.650. The van der Waals surface area contributed by atoms with Crippen LogP contribution in [0.25, 0.3) is 5.57 Å². The number of nitrogens with zero attached hydrogens (tertiary/aromatic N) is 2. The number of hydrogen-bond acceptors (Lipinski definition) is 9. The van der Waals surface area contributed by atoms with Crippen molar-refractivity contribution in [1.29, 1.82) is 0 Å². The molecule has 1 aromatic rings. The molecule has 0 spiro atoms. The number of nitrogen functional groups attached to an aromatic ring is 1. The van der Waals surface area contributed by atoms with Gasteiger partial charge in [0.15, 0.2) is 6.23 Å². The summed E-state index contributed by atoms with van der Waals surface area (Å²) < 4.78 is 22.5. The van der Waals surface area contributed by atoms with Crippen molar-refractivity contribution < 1.29 is 34.0 Å². The highest BCUT2D eigenvalue weighted by Gasteiger charge is 2.45. The molecule has 5 unspecified atom stereocenters. The first-order valence-electron chi connectivity index (χ1n) is 10.8. The van der Waals surface area contributed by atoms with E-state index in [2.05, 4.69) is 14.8 Å². The van der Waals surface area contributed by atoms with Gasteiger partial charge in [0.2, 0.25) is 0 Å². The van der Waals surface area contributed by atoms with Crippen molar-refractivity contribution in [2.75, 3.05) is 19.1 Å². The zero-order valence-corrected chi connectivity index (χ0v) is 18.7. The van der Waals surface area contributed by atoms with E-state index < -0.39 is 32.8 Å². The molecule has 3 rings (SSSR count). The lowest BCUT2D eigenvalue weighted by atomic mass is 10.0. The molecule has 0 saturated carbocycles. The molecule has 1 saturated heterocycles. The molecule has 7 N–H and O–H groups in total. The second-order valence-corrected chi connectivity index (χ2v) is 8.62. The molecule has 11 nitrogen and oxygen atoms in total. The van der Waals surface area contributed by atoms with Crippen molar-refractivity contribution in [1.82, 2.24) is 14.9 Å². The molecule has 0 aromatic carbocycles. The molecule has 5 atom stereocenters. The molecule has 2 heterocycles. The van der Waals surface area contributed by atoms with Crippen LogP contribution in [0.5, 0.6) is 0 Å². The molecule has 1 aliphatic heterocycles. The predicted octanol–water partition coefficient (Wildman–Crippen LogP) is 1.30. The van der Waals surface area contributed by atoms with Crippen molar-refractivity contribution in [2.45, 2.75) is 69.5 Å². The summed E-state index contributed by atoms with van der Waals surface area (Å²) in [6.07, 6.45) is 8.01. The second kappa shape index (κ2) is 11.9. The van der Waals surface area contributed by atoms with Gasteiger partial charge < -0.3 is 31.1 Å². The van der Waals surface area contributed by atoms with Gasteiger partial charge in [-0.2, -0.15) is 0 Å². The van der Waals surface area contributed by atoms with Crippen LogP contribution in [0.15, 0.2) is 24.2 Å². The van der Waals surface area contributed by atoms with Crippen molar-refractivity contribution >= 4 is 19.6 Å². The third-order valence-corrected chi connectivity index (χ3v) is 6.08. The maximum atomic E-state index is 10.8. The fourth-order valence-electron chi connectivity index (χ4n) is 4.02. The number of aromatic nitrogens is 2. The maximum absolute atomic E-state index is 10.8. The maximum Gasteiger partial charge on any atom is 0.694 e. The van der Waals surface area contributed by atoms with E-state index in [4.69, 9.17) is 15.4 Å². The van der Waals surface area contributed by atoms with Crippen LogP contribution in [-0.2, 0) is 13.8 Å². The van der Waals surface area contributed by atoms with Crippen LogP contribution < -0.4 is 11.1 Å². The Morgan fingerprint density at radius 2 is 1.88 bits per heavy atom. The van der Waals surface area contributed by atoms with E-state index in [9.17, 15) is 19.9 Å². The molecule has 1 aliphatic carbocycles. The smallest absolute Gasteiger partial charge is 0.387 e. The Labute approximate surface area is 187 Å². The van der Waals surface area contributed by atoms with Crippen molar-refractivity contribution in [3.63, 3.8) is 0 Å². The topological polar surface area (TPSA) is 172 Å². The fourth-order valence-corrected chi connectivity index (χ4v) is 4.30. The van der Waals surface area contributed by atoms with Crippen LogP contribution in [0.4, 0.5) is 5.82 Å². The lowest BCUT2D eigenvalue weighted by Gasteiger charge is -2.18. The standard InChI is InChI=1S/C20H31N4O7P/c21-19-16(13-8-6-4-2-1-3-5-7-9-14(13)23-12-25)22-11-24(19)20-18(27)17(26)15(31-20)10-30-32(28)29/h8-9,11,15,17-18,20,23,25-27H,1-7,10,12,21H2/p+1. The highest BCUT2D eigenvalue weighted by molar-refractivity contribution is 7.32. The first-order chi connectivity index (χ1) is 15.4. The summed E-state index contributed by atoms with van der Waals surface area (Å²) in [5.74, 6) is 0.225. The number of aliphatic hydroxyl groups excluding tert-OH is 3. The molecule has 32 heavy (non-hydrogen) atoms. The summed E-state index contributed by atoms with van der Waals surface area (Å²) in [4.78, 5) is 13.3. The number of allylic oxidation sites excluding steroid dienone is 3. The van der Waals surface area contributed by atoms with E-state index in [-0.39, 0.29) is 19.2 Å². The number of nitrogens with two attached hydrogens (primary N) is 1. The minimum atomic E-state index is -2.86. The lowest BCUT2D eigenvalue weighted by Crippen LogP contribution is -2.33. The monoisotopic (exact) mass is 471 g/mol. The highest BCUT2D eigenvalue weighted by Crippen LogP contribution is 2.35. The summed E-state index contributed by atoms with van der Waals surface area (Å²) in [7, 11) is -2.86. The number of aliphatic hydroxyl groups is 3. The first kappa shape index (κ1) is 24.8. The summed E-state index contributed by atoms with van der Waals surface area (Å²) in [5, 5.41) is 33.2. The minimum Gasteiger partial charge on any atom is -0.387 e. The van der Waals surface area contributed by atoms with E-state index in [0.717, 1.165) is 49.8 Å². The molecule has 178 valence electrons. The van der Waals surface area contributed by atoms with E-state index >= 15 is 0 Å². The Morgan fingerprint density at radius 3 is 2.56 bits per heavy atom. The number of hydrogen-bond donors (Lipinski definition) is 6. The normalized spacial score (nSPS) is 27.9. The van der Waals surface area contributed by atoms with Crippen LogP contribution in [0, 0.1) is 0 Å². The minimum absolute atomic E-state index is 0.225. The van der Waals surface area contributed by atoms with E-state index in [1.165, 1.54) is 17.3 Å². The van der Waals surface area contributed by atoms with Crippen molar-refractivity contribution in [3.8, 4) is 0 Å². The van der Waals surface area contributed by atoms with Gasteiger partial charge in [0, 0.05) is 15.8 Å². The van der Waals surface area contributed by atoms with Crippen LogP contribution in [-0.4, -0.2) is 61.4 Å². The van der Waals surface area contributed by atoms with Crippen molar-refractivity contribution in [2.24, 2.45) is 0 Å². The quantitative estimate of drug-likeness (QED) is 0.251. The van der Waals surface area contributed by atoms with Gasteiger partial charge in [-0.1, -0.05) is 31.4 Å². The molecule has 1 aromatic heterocycles. The molecular weight excluding hydrogens is 439 g/mol. The average Bonchev–Trinajstić information content (AvgIpc) is 3.25. The zero-order valence-electron chi connectivity index (χ0n) is 17.8. The van der Waals surface area contributed by atoms with E-state index in [0.29, 0.717) is 5.69 Å². The Kier molecular flexibility index (Phi) is 9.18. The number of nitrogens with one attached hydrogen (secondary N) is 1. The van der Waals surface area contributed by atoms with Crippen LogP contribution in [0.2, 0.25) is 0 Å². The Morgan fingerprint density at radius 1 is 1.19 bits per heavy atom. The van der Waals surface area contributed by atoms with Gasteiger partial charge in [-0.15, -0.1) is 9.42 Å². The van der Waals surface area contributed by atoms with Gasteiger partial charge in [-0.3, -0.25) is 4.57 Å². The molecule has 0 bridgehead atoms. The SMILES string of the molecule is Nc1c(C2=CCCCCCCCC=C2NCO)ncn1C1OC(CO[P+](=O)O)C(O)C1O. The Bertz CT molecular complexity index is 844. The molecule has 12 heteroatoms. The summed E-state index contributed by atoms with van der Waals surface area (Å²) in [6.45, 7) is -0.602. The van der Waals surface area contributed by atoms with Gasteiger partial charge in [-0.05, 0) is 25.7 Å². The van der Waals surface area contributed by atoms with Gasteiger partial charge in [0.1, 0.15) is 43.2 Å². The van der Waals surface area contributed by atoms with Crippen LogP contribution in [0.1, 0.15) is 56.9 Å². The highest BCUT2D eigenvalue weighted by atomic mass is 31.1. The number of ether oxygens (including phenoxy) is 1. The van der Waals surface area contributed by atoms with Crippen LogP contribution in [0.3, 0.4) is 0 Å². The molecule has 0 radical (unpaired) electrons. The second-order valence-electron chi connectivity index (χ2n) is 7.88. The Balaban J connectivity index is 1.88. The lowest BCUT2D eigenvalue weighted by molar-refractivity contribution is -0.0483. The zero-order chi connectivity index (χ0) is 23.1. The molecular formula is C20H32N4O7P+. The summed E-state index contributed by atoms with van der Waals surface area (Å²) >= 11 is 0. The van der Waals surface area contributed by atoms with E-state index in [1.54, 1.807) is 0 Å². The number of anilines is 1. The van der Waals surface area contributed by atoms with Gasteiger partial charge >= 0.3 is 8.25 Å². The number of rotatable bonds is 7. The summed E-state index contributed by atoms with van der Waals surface area (Å²) in [6, 6.07) is 0. The predicted molar refractivity (Wildman–Crippen MR) is 117 cm³/mol. The largest absolute Gasteiger partial charge is 0.694 e. The van der Waals surface area contributed by atoms with Gasteiger partial charge in [-0.25, -0.2) is 4.98 Å². The first-order valence-corrected chi connectivity index (χ1v) is 12.0. The van der Waals surface area contributed by atoms with E-state index in [1.807, 2.05) is 12.2 Å².